The number of nitrogens with one attached hydrogen (secondary N) is 2. The summed E-state index contributed by atoms with van der Waals surface area (Å²) in [6.45, 7) is 3.19. The maximum atomic E-state index is 12.5. The summed E-state index contributed by atoms with van der Waals surface area (Å²) < 4.78 is 26.1. The molecule has 6 nitrogen and oxygen atoms in total. The summed E-state index contributed by atoms with van der Waals surface area (Å²) in [7, 11) is 1.28. The van der Waals surface area contributed by atoms with E-state index in [0.717, 1.165) is 6.42 Å². The van der Waals surface area contributed by atoms with Gasteiger partial charge < -0.3 is 10.6 Å². The minimum Gasteiger partial charge on any atom is -0.352 e. The Labute approximate surface area is 183 Å². The van der Waals surface area contributed by atoms with Gasteiger partial charge in [0.2, 0.25) is 10.0 Å². The first-order valence-corrected chi connectivity index (χ1v) is 10.7. The molecule has 1 aromatic heterocycles. The lowest BCUT2D eigenvalue weighted by atomic mass is 10.2. The number of thiophene rings is 1. The van der Waals surface area contributed by atoms with E-state index < -0.39 is 10.0 Å². The fourth-order valence-electron chi connectivity index (χ4n) is 2.38. The van der Waals surface area contributed by atoms with Crippen molar-refractivity contribution in [3.05, 3.63) is 51.7 Å². The third-order valence-electron chi connectivity index (χ3n) is 3.90. The molecule has 0 aliphatic rings. The van der Waals surface area contributed by atoms with Crippen LogP contribution < -0.4 is 10.6 Å². The molecule has 0 aliphatic carbocycles. The second-order valence-electron chi connectivity index (χ2n) is 5.90. The molecular weight excluding hydrogens is 495 g/mol. The number of sulfonamides is 1. The first kappa shape index (κ1) is 23.9. The number of benzene rings is 1. The van der Waals surface area contributed by atoms with Crippen LogP contribution in [-0.2, 0) is 29.5 Å². The fraction of sp³-hybridized carbons (Fsp3) is 0.389. The molecule has 150 valence electrons. The van der Waals surface area contributed by atoms with Crippen molar-refractivity contribution in [1.82, 2.24) is 14.9 Å². The van der Waals surface area contributed by atoms with Gasteiger partial charge in [-0.05, 0) is 30.2 Å². The highest BCUT2D eigenvalue weighted by Gasteiger charge is 2.20. The average molecular weight is 522 g/mol. The van der Waals surface area contributed by atoms with Crippen molar-refractivity contribution in [3.63, 3.8) is 0 Å². The molecular formula is C18H27IN4O2S2. The fourth-order valence-corrected chi connectivity index (χ4v) is 4.39. The molecule has 2 aromatic rings. The first-order valence-electron chi connectivity index (χ1n) is 8.41. The van der Waals surface area contributed by atoms with Crippen LogP contribution in [0.25, 0.3) is 0 Å². The van der Waals surface area contributed by atoms with Gasteiger partial charge in [-0.2, -0.15) is 0 Å². The zero-order valence-electron chi connectivity index (χ0n) is 16.0. The summed E-state index contributed by atoms with van der Waals surface area (Å²) >= 11 is 1.78. The zero-order chi connectivity index (χ0) is 19.2. The summed E-state index contributed by atoms with van der Waals surface area (Å²) in [5.41, 5.74) is 0.702. The van der Waals surface area contributed by atoms with Crippen molar-refractivity contribution >= 4 is 51.3 Å². The third-order valence-corrected chi connectivity index (χ3v) is 7.04. The van der Waals surface area contributed by atoms with Gasteiger partial charge >= 0.3 is 0 Å². The summed E-state index contributed by atoms with van der Waals surface area (Å²) in [6.07, 6.45) is 1.04. The van der Waals surface area contributed by atoms with Gasteiger partial charge in [-0.1, -0.05) is 25.1 Å². The molecule has 0 saturated carbocycles. The molecule has 0 aliphatic heterocycles. The molecule has 1 aromatic carbocycles. The van der Waals surface area contributed by atoms with E-state index in [1.165, 1.54) is 28.2 Å². The highest BCUT2D eigenvalue weighted by Crippen LogP contribution is 2.18. The molecule has 0 amide bonds. The molecule has 0 bridgehead atoms. The van der Waals surface area contributed by atoms with Gasteiger partial charge in [0.1, 0.15) is 0 Å². The van der Waals surface area contributed by atoms with Crippen molar-refractivity contribution in [1.29, 1.82) is 0 Å². The van der Waals surface area contributed by atoms with Crippen LogP contribution in [0, 0.1) is 0 Å². The number of hydrogen-bond donors (Lipinski definition) is 2. The van der Waals surface area contributed by atoms with E-state index in [9.17, 15) is 8.42 Å². The molecule has 0 atom stereocenters. The van der Waals surface area contributed by atoms with E-state index in [4.69, 9.17) is 0 Å². The Kier molecular flexibility index (Phi) is 9.71. The van der Waals surface area contributed by atoms with Gasteiger partial charge in [0.05, 0.1) is 11.4 Å². The van der Waals surface area contributed by atoms with Gasteiger partial charge in [-0.15, -0.1) is 35.3 Å². The van der Waals surface area contributed by atoms with Gasteiger partial charge in [0.25, 0.3) is 0 Å². The minimum atomic E-state index is -3.48. The Bertz CT molecular complexity index is 864. The molecule has 9 heteroatoms. The predicted octanol–water partition coefficient (Wildman–Crippen LogP) is 3.04. The Morgan fingerprint density at radius 3 is 2.30 bits per heavy atom. The van der Waals surface area contributed by atoms with Crippen LogP contribution in [0.15, 0.2) is 46.3 Å². The van der Waals surface area contributed by atoms with Crippen molar-refractivity contribution in [2.45, 2.75) is 31.3 Å². The van der Waals surface area contributed by atoms with E-state index in [0.29, 0.717) is 29.5 Å². The Morgan fingerprint density at radius 1 is 1.07 bits per heavy atom. The first-order chi connectivity index (χ1) is 12.4. The van der Waals surface area contributed by atoms with Crippen LogP contribution in [0.4, 0.5) is 0 Å². The van der Waals surface area contributed by atoms with Crippen molar-refractivity contribution in [2.24, 2.45) is 4.99 Å². The highest BCUT2D eigenvalue weighted by atomic mass is 127. The number of nitrogens with zero attached hydrogens (tertiary/aromatic N) is 2. The molecule has 2 N–H and O–H groups in total. The smallest absolute Gasteiger partial charge is 0.242 e. The number of rotatable bonds is 7. The van der Waals surface area contributed by atoms with Crippen molar-refractivity contribution in [2.75, 3.05) is 21.1 Å². The van der Waals surface area contributed by atoms with Gasteiger partial charge in [0, 0.05) is 37.4 Å². The summed E-state index contributed by atoms with van der Waals surface area (Å²) in [5, 5.41) is 6.45. The molecule has 27 heavy (non-hydrogen) atoms. The monoisotopic (exact) mass is 522 g/mol. The molecule has 0 saturated heterocycles. The Balaban J connectivity index is 0.00000364. The highest BCUT2D eigenvalue weighted by molar-refractivity contribution is 14.0. The summed E-state index contributed by atoms with van der Waals surface area (Å²) in [5.74, 6) is 0.633. The van der Waals surface area contributed by atoms with Gasteiger partial charge in [-0.3, -0.25) is 4.99 Å². The number of halogens is 1. The van der Waals surface area contributed by atoms with Gasteiger partial charge in [-0.25, -0.2) is 12.7 Å². The third kappa shape index (κ3) is 6.44. The van der Waals surface area contributed by atoms with Crippen LogP contribution in [0.1, 0.15) is 22.2 Å². The van der Waals surface area contributed by atoms with E-state index in [-0.39, 0.29) is 24.0 Å². The van der Waals surface area contributed by atoms with Gasteiger partial charge in [0.15, 0.2) is 5.96 Å². The Hall–Kier alpha value is -1.17. The lowest BCUT2D eigenvalue weighted by molar-refractivity contribution is 0.519. The second-order valence-corrected chi connectivity index (χ2v) is 9.27. The Morgan fingerprint density at radius 2 is 1.70 bits per heavy atom. The quantitative estimate of drug-likeness (QED) is 0.333. The van der Waals surface area contributed by atoms with E-state index in [2.05, 4.69) is 34.7 Å². The number of aryl methyl sites for hydroxylation is 1. The van der Waals surface area contributed by atoms with Crippen LogP contribution in [0.3, 0.4) is 0 Å². The predicted molar refractivity (Wildman–Crippen MR) is 123 cm³/mol. The summed E-state index contributed by atoms with van der Waals surface area (Å²) in [4.78, 5) is 7.11. The van der Waals surface area contributed by atoms with Crippen LogP contribution >= 0.6 is 35.3 Å². The lowest BCUT2D eigenvalue weighted by Gasteiger charge is -2.16. The van der Waals surface area contributed by atoms with Crippen LogP contribution in [0.5, 0.6) is 0 Å². The standard InChI is InChI=1S/C18H26N4O2S2.HI/c1-5-15-10-11-16(25-15)13-21-18(19-2)20-12-14-8-6-7-9-17(14)26(23,24)22(3)4;/h6-11H,5,12-13H2,1-4H3,(H2,19,20,21);1H. The largest absolute Gasteiger partial charge is 0.352 e. The summed E-state index contributed by atoms with van der Waals surface area (Å²) in [6, 6.07) is 11.3. The molecule has 1 heterocycles. The number of hydrogen-bond acceptors (Lipinski definition) is 4. The van der Waals surface area contributed by atoms with Crippen molar-refractivity contribution < 1.29 is 8.42 Å². The normalized spacial score (nSPS) is 12.0. The topological polar surface area (TPSA) is 73.8 Å². The van der Waals surface area contributed by atoms with E-state index in [1.54, 1.807) is 30.5 Å². The number of aliphatic imine (C=N–C) groups is 1. The van der Waals surface area contributed by atoms with Crippen LogP contribution in [-0.4, -0.2) is 39.8 Å². The average Bonchev–Trinajstić information content (AvgIpc) is 3.10. The SMILES string of the molecule is CCc1ccc(CNC(=NC)NCc2ccccc2S(=O)(=O)N(C)C)s1.I. The van der Waals surface area contributed by atoms with E-state index >= 15 is 0 Å². The maximum Gasteiger partial charge on any atom is 0.242 e. The van der Waals surface area contributed by atoms with E-state index in [1.807, 2.05) is 12.1 Å². The molecule has 0 fully saturated rings. The van der Waals surface area contributed by atoms with Crippen LogP contribution in [0.2, 0.25) is 0 Å². The zero-order valence-corrected chi connectivity index (χ0v) is 20.0. The van der Waals surface area contributed by atoms with Crippen molar-refractivity contribution in [3.8, 4) is 0 Å². The molecule has 0 unspecified atom stereocenters. The maximum absolute atomic E-state index is 12.5. The molecule has 0 spiro atoms. The second kappa shape index (κ2) is 11.0. The lowest BCUT2D eigenvalue weighted by Crippen LogP contribution is -2.36. The minimum absolute atomic E-state index is 0. The molecule has 2 rings (SSSR count). The number of guanidine groups is 1. The molecule has 0 radical (unpaired) electrons.